The van der Waals surface area contributed by atoms with Gasteiger partial charge < -0.3 is 20.1 Å². The zero-order chi connectivity index (χ0) is 20.6. The van der Waals surface area contributed by atoms with Crippen LogP contribution in [0.4, 0.5) is 11.5 Å². The van der Waals surface area contributed by atoms with Crippen molar-refractivity contribution < 1.29 is 14.2 Å². The van der Waals surface area contributed by atoms with Gasteiger partial charge in [-0.05, 0) is 53.6 Å². The number of hydrogen-bond donors (Lipinski definition) is 2. The summed E-state index contributed by atoms with van der Waals surface area (Å²) < 4.78 is 5.33. The van der Waals surface area contributed by atoms with Gasteiger partial charge in [0.05, 0.1) is 21.0 Å². The molecule has 2 N–H and O–H groups in total. The minimum Gasteiger partial charge on any atom is -0.360 e. The third-order valence-electron chi connectivity index (χ3n) is 4.37. The lowest BCUT2D eigenvalue weighted by molar-refractivity contribution is -0.385. The molecule has 0 spiro atoms. The Bertz CT molecular complexity index is 1020. The normalized spacial score (nSPS) is 16.8. The van der Waals surface area contributed by atoms with Crippen molar-refractivity contribution in [3.63, 3.8) is 0 Å². The summed E-state index contributed by atoms with van der Waals surface area (Å²) in [4.78, 5) is 25.5. The highest BCUT2D eigenvalue weighted by Gasteiger charge is 2.33. The average molecular weight is 466 g/mol. The maximum Gasteiger partial charge on any atom is 0.283 e. The van der Waals surface area contributed by atoms with Gasteiger partial charge in [-0.15, -0.1) is 0 Å². The number of nitrogens with zero attached hydrogens (tertiary/aromatic N) is 3. The summed E-state index contributed by atoms with van der Waals surface area (Å²) in [5, 5.41) is 21.3. The number of nitro benzene ring substituents is 1. The van der Waals surface area contributed by atoms with E-state index >= 15 is 0 Å². The van der Waals surface area contributed by atoms with Gasteiger partial charge >= 0.3 is 0 Å². The Morgan fingerprint density at radius 3 is 2.75 bits per heavy atom. The number of nitrogens with one attached hydrogen (secondary N) is 2. The molecule has 1 amide bonds. The monoisotopic (exact) mass is 465 g/mol. The highest BCUT2D eigenvalue weighted by atomic mass is 79.9. The summed E-state index contributed by atoms with van der Waals surface area (Å²) in [7, 11) is 1.73. The molecule has 1 atom stereocenters. The molecule has 0 radical (unpaired) electrons. The number of thiocarbonyl (C=S) groups is 1. The standard InChI is InChI=1S/C17H16BrN5O4S/c1-8-6-13(21-27-8)19-16(24)14-9(2)22(3)17(28)20-15(14)10-4-5-11(18)12(7-10)23(25)26/h4-7,15H,1-3H3,(H,20,28)(H,19,21,24). The summed E-state index contributed by atoms with van der Waals surface area (Å²) in [5.74, 6) is 0.420. The average Bonchev–Trinajstić information content (AvgIpc) is 3.04. The van der Waals surface area contributed by atoms with E-state index < -0.39 is 16.9 Å². The fourth-order valence-corrected chi connectivity index (χ4v) is 3.48. The number of halogens is 1. The Kier molecular flexibility index (Phi) is 5.47. The smallest absolute Gasteiger partial charge is 0.283 e. The van der Waals surface area contributed by atoms with Gasteiger partial charge in [0, 0.05) is 24.9 Å². The van der Waals surface area contributed by atoms with Crippen molar-refractivity contribution in [3.8, 4) is 0 Å². The predicted octanol–water partition coefficient (Wildman–Crippen LogP) is 3.43. The maximum atomic E-state index is 13.0. The quantitative estimate of drug-likeness (QED) is 0.400. The van der Waals surface area contributed by atoms with E-state index in [4.69, 9.17) is 16.7 Å². The predicted molar refractivity (Wildman–Crippen MR) is 110 cm³/mol. The number of benzene rings is 1. The van der Waals surface area contributed by atoms with E-state index in [0.717, 1.165) is 0 Å². The van der Waals surface area contributed by atoms with E-state index in [1.54, 1.807) is 44.0 Å². The van der Waals surface area contributed by atoms with Crippen LogP contribution in [0.1, 0.15) is 24.3 Å². The molecule has 28 heavy (non-hydrogen) atoms. The van der Waals surface area contributed by atoms with Crippen molar-refractivity contribution in [1.29, 1.82) is 0 Å². The molecule has 1 unspecified atom stereocenters. The third kappa shape index (κ3) is 3.76. The maximum absolute atomic E-state index is 13.0. The van der Waals surface area contributed by atoms with Crippen LogP contribution in [-0.2, 0) is 4.79 Å². The van der Waals surface area contributed by atoms with Gasteiger partial charge in [-0.1, -0.05) is 11.2 Å². The first-order chi connectivity index (χ1) is 13.2. The molecule has 0 fully saturated rings. The topological polar surface area (TPSA) is 114 Å². The first-order valence-electron chi connectivity index (χ1n) is 8.12. The molecule has 1 aromatic carbocycles. The molecule has 1 aliphatic heterocycles. The van der Waals surface area contributed by atoms with E-state index in [0.29, 0.717) is 32.2 Å². The second-order valence-electron chi connectivity index (χ2n) is 6.19. The van der Waals surface area contributed by atoms with Crippen LogP contribution in [0.3, 0.4) is 0 Å². The molecule has 0 bridgehead atoms. The summed E-state index contributed by atoms with van der Waals surface area (Å²) in [5.41, 5.74) is 1.42. The van der Waals surface area contributed by atoms with E-state index in [1.807, 2.05) is 0 Å². The second kappa shape index (κ2) is 7.68. The number of hydrogen-bond acceptors (Lipinski definition) is 6. The lowest BCUT2D eigenvalue weighted by Crippen LogP contribution is -2.46. The second-order valence-corrected chi connectivity index (χ2v) is 7.43. The zero-order valence-corrected chi connectivity index (χ0v) is 17.6. The van der Waals surface area contributed by atoms with E-state index in [1.165, 1.54) is 6.07 Å². The van der Waals surface area contributed by atoms with Crippen molar-refractivity contribution >= 4 is 50.7 Å². The highest BCUT2D eigenvalue weighted by Crippen LogP contribution is 2.34. The van der Waals surface area contributed by atoms with E-state index in [2.05, 4.69) is 31.7 Å². The van der Waals surface area contributed by atoms with Gasteiger partial charge in [-0.25, -0.2) is 0 Å². The molecular weight excluding hydrogens is 450 g/mol. The molecule has 1 aromatic heterocycles. The summed E-state index contributed by atoms with van der Waals surface area (Å²) in [6.45, 7) is 3.47. The Morgan fingerprint density at radius 2 is 2.14 bits per heavy atom. The summed E-state index contributed by atoms with van der Waals surface area (Å²) >= 11 is 8.52. The minimum atomic E-state index is -0.663. The SMILES string of the molecule is CC1=C(C(=O)Nc2cc(C)on2)C(c2ccc(Br)c([N+](=O)[O-])c2)NC(=S)N1C. The van der Waals surface area contributed by atoms with Gasteiger partial charge in [-0.3, -0.25) is 14.9 Å². The van der Waals surface area contributed by atoms with Crippen molar-refractivity contribution in [2.45, 2.75) is 19.9 Å². The molecule has 0 saturated carbocycles. The molecular formula is C17H16BrN5O4S. The Balaban J connectivity index is 2.05. The molecule has 3 rings (SSSR count). The number of aromatic nitrogens is 1. The van der Waals surface area contributed by atoms with Crippen LogP contribution in [-0.4, -0.2) is 33.0 Å². The van der Waals surface area contributed by atoms with Gasteiger partial charge in [-0.2, -0.15) is 0 Å². The van der Waals surface area contributed by atoms with Crippen LogP contribution in [0.2, 0.25) is 0 Å². The number of allylic oxidation sites excluding steroid dienone is 1. The van der Waals surface area contributed by atoms with Crippen molar-refractivity contribution in [1.82, 2.24) is 15.4 Å². The Labute approximate surface area is 174 Å². The molecule has 11 heteroatoms. The van der Waals surface area contributed by atoms with Crippen molar-refractivity contribution in [3.05, 3.63) is 61.4 Å². The lowest BCUT2D eigenvalue weighted by Gasteiger charge is -2.35. The van der Waals surface area contributed by atoms with Crippen LogP contribution in [0, 0.1) is 17.0 Å². The van der Waals surface area contributed by atoms with Gasteiger partial charge in [0.1, 0.15) is 5.76 Å². The van der Waals surface area contributed by atoms with Crippen molar-refractivity contribution in [2.24, 2.45) is 0 Å². The molecule has 0 saturated heterocycles. The van der Waals surface area contributed by atoms with E-state index in [9.17, 15) is 14.9 Å². The Hall–Kier alpha value is -2.79. The molecule has 1 aliphatic rings. The van der Waals surface area contributed by atoms with Gasteiger partial charge in [0.15, 0.2) is 10.9 Å². The van der Waals surface area contributed by atoms with Crippen LogP contribution in [0.5, 0.6) is 0 Å². The molecule has 0 aliphatic carbocycles. The Morgan fingerprint density at radius 1 is 1.43 bits per heavy atom. The number of carbonyl (C=O) groups excluding carboxylic acids is 1. The fraction of sp³-hybridized carbons (Fsp3) is 0.235. The third-order valence-corrected chi connectivity index (χ3v) is 5.43. The molecule has 9 nitrogen and oxygen atoms in total. The largest absolute Gasteiger partial charge is 0.360 e. The fourth-order valence-electron chi connectivity index (χ4n) is 2.84. The summed E-state index contributed by atoms with van der Waals surface area (Å²) in [6, 6.07) is 5.61. The summed E-state index contributed by atoms with van der Waals surface area (Å²) in [6.07, 6.45) is 0. The van der Waals surface area contributed by atoms with Gasteiger partial charge in [0.25, 0.3) is 11.6 Å². The lowest BCUT2D eigenvalue weighted by atomic mass is 9.94. The minimum absolute atomic E-state index is 0.103. The first kappa shape index (κ1) is 20.0. The molecule has 2 aromatic rings. The number of anilines is 1. The van der Waals surface area contributed by atoms with Crippen LogP contribution in [0.15, 0.2) is 44.5 Å². The van der Waals surface area contributed by atoms with Crippen molar-refractivity contribution in [2.75, 3.05) is 12.4 Å². The number of rotatable bonds is 4. The highest BCUT2D eigenvalue weighted by molar-refractivity contribution is 9.10. The number of amides is 1. The van der Waals surface area contributed by atoms with Gasteiger partial charge in [0.2, 0.25) is 0 Å². The number of nitro groups is 1. The van der Waals surface area contributed by atoms with Crippen LogP contribution >= 0.6 is 28.1 Å². The first-order valence-corrected chi connectivity index (χ1v) is 9.32. The molecule has 2 heterocycles. The van der Waals surface area contributed by atoms with Crippen LogP contribution in [0.25, 0.3) is 0 Å². The zero-order valence-electron chi connectivity index (χ0n) is 15.1. The number of aryl methyl sites for hydroxylation is 1. The number of carbonyl (C=O) groups is 1. The molecule has 146 valence electrons. The van der Waals surface area contributed by atoms with Crippen LogP contribution < -0.4 is 10.6 Å². The van der Waals surface area contributed by atoms with E-state index in [-0.39, 0.29) is 11.5 Å².